The lowest BCUT2D eigenvalue weighted by molar-refractivity contribution is -0.140. The Morgan fingerprint density at radius 1 is 1.62 bits per heavy atom. The third kappa shape index (κ3) is 4.82. The highest BCUT2D eigenvalue weighted by atomic mass is 19.1. The molecule has 0 amide bonds. The number of hydrogen-bond acceptors (Lipinski definition) is 5. The van der Waals surface area contributed by atoms with Crippen LogP contribution in [0.3, 0.4) is 0 Å². The maximum absolute atomic E-state index is 13.5. The van der Waals surface area contributed by atoms with Crippen molar-refractivity contribution in [1.29, 1.82) is 0 Å². The van der Waals surface area contributed by atoms with Crippen molar-refractivity contribution in [3.05, 3.63) is 29.7 Å². The predicted molar refractivity (Wildman–Crippen MR) is 79.5 cm³/mol. The van der Waals surface area contributed by atoms with Gasteiger partial charge in [0, 0.05) is 18.8 Å². The van der Waals surface area contributed by atoms with Crippen LogP contribution in [-0.2, 0) is 9.53 Å². The van der Waals surface area contributed by atoms with Crippen LogP contribution in [0.2, 0.25) is 0 Å². The van der Waals surface area contributed by atoms with Crippen LogP contribution in [0.25, 0.3) is 6.08 Å². The first kappa shape index (κ1) is 15.4. The number of halogens is 1. The van der Waals surface area contributed by atoms with Gasteiger partial charge >= 0.3 is 5.97 Å². The first-order valence-corrected chi connectivity index (χ1v) is 7.16. The van der Waals surface area contributed by atoms with Gasteiger partial charge in [-0.2, -0.15) is 4.39 Å². The Balaban J connectivity index is 1.95. The SMILES string of the molecule is CCOC(=O)/C(F)=C/c1ccc(N[C@@H]2CCCNC2)nc1. The summed E-state index contributed by atoms with van der Waals surface area (Å²) in [5.74, 6) is -1.12. The first-order chi connectivity index (χ1) is 10.2. The summed E-state index contributed by atoms with van der Waals surface area (Å²) < 4.78 is 18.1. The Kier molecular flexibility index (Phi) is 5.68. The van der Waals surface area contributed by atoms with E-state index in [-0.39, 0.29) is 6.61 Å². The Morgan fingerprint density at radius 3 is 3.10 bits per heavy atom. The van der Waals surface area contributed by atoms with Crippen LogP contribution in [0.5, 0.6) is 0 Å². The molecule has 114 valence electrons. The Bertz CT molecular complexity index is 496. The molecule has 1 aliphatic heterocycles. The van der Waals surface area contributed by atoms with E-state index in [2.05, 4.69) is 20.4 Å². The van der Waals surface area contributed by atoms with Crippen LogP contribution in [0.15, 0.2) is 24.2 Å². The van der Waals surface area contributed by atoms with Gasteiger partial charge in [-0.3, -0.25) is 0 Å². The second-order valence-electron chi connectivity index (χ2n) is 4.88. The second-order valence-corrected chi connectivity index (χ2v) is 4.88. The van der Waals surface area contributed by atoms with Gasteiger partial charge in [-0.15, -0.1) is 0 Å². The van der Waals surface area contributed by atoms with Crippen LogP contribution >= 0.6 is 0 Å². The van der Waals surface area contributed by atoms with Crippen molar-refractivity contribution in [3.63, 3.8) is 0 Å². The highest BCUT2D eigenvalue weighted by molar-refractivity contribution is 5.91. The highest BCUT2D eigenvalue weighted by Gasteiger charge is 2.13. The predicted octanol–water partition coefficient (Wildman–Crippen LogP) is 2.12. The summed E-state index contributed by atoms with van der Waals surface area (Å²) in [6.45, 7) is 3.76. The van der Waals surface area contributed by atoms with Crippen molar-refractivity contribution >= 4 is 17.9 Å². The number of piperidine rings is 1. The largest absolute Gasteiger partial charge is 0.461 e. The molecule has 1 aromatic heterocycles. The molecule has 1 atom stereocenters. The third-order valence-corrected chi connectivity index (χ3v) is 3.20. The zero-order valence-electron chi connectivity index (χ0n) is 12.1. The molecule has 2 N–H and O–H groups in total. The minimum Gasteiger partial charge on any atom is -0.461 e. The quantitative estimate of drug-likeness (QED) is 0.643. The van der Waals surface area contributed by atoms with E-state index in [1.54, 1.807) is 19.1 Å². The van der Waals surface area contributed by atoms with Gasteiger partial charge in [0.15, 0.2) is 0 Å². The third-order valence-electron chi connectivity index (χ3n) is 3.20. The number of anilines is 1. The molecular weight excluding hydrogens is 273 g/mol. The number of hydrogen-bond donors (Lipinski definition) is 2. The fourth-order valence-corrected chi connectivity index (χ4v) is 2.17. The van der Waals surface area contributed by atoms with E-state index >= 15 is 0 Å². The number of esters is 1. The molecular formula is C15H20FN3O2. The van der Waals surface area contributed by atoms with E-state index in [1.807, 2.05) is 0 Å². The van der Waals surface area contributed by atoms with Gasteiger partial charge in [0.2, 0.25) is 5.83 Å². The van der Waals surface area contributed by atoms with E-state index < -0.39 is 11.8 Å². The van der Waals surface area contributed by atoms with Crippen LogP contribution in [0.4, 0.5) is 10.2 Å². The topological polar surface area (TPSA) is 63.2 Å². The maximum atomic E-state index is 13.5. The molecule has 1 fully saturated rings. The number of rotatable bonds is 5. The number of carbonyl (C=O) groups excluding carboxylic acids is 1. The summed E-state index contributed by atoms with van der Waals surface area (Å²) in [7, 11) is 0. The van der Waals surface area contributed by atoms with Gasteiger partial charge in [-0.05, 0) is 50.1 Å². The Labute approximate surface area is 123 Å². The van der Waals surface area contributed by atoms with Crippen LogP contribution in [-0.4, -0.2) is 36.7 Å². The molecule has 2 heterocycles. The van der Waals surface area contributed by atoms with E-state index in [0.29, 0.717) is 11.6 Å². The lowest BCUT2D eigenvalue weighted by Crippen LogP contribution is -2.38. The van der Waals surface area contributed by atoms with E-state index in [4.69, 9.17) is 0 Å². The van der Waals surface area contributed by atoms with Gasteiger partial charge in [-0.1, -0.05) is 0 Å². The monoisotopic (exact) mass is 293 g/mol. The molecule has 0 radical (unpaired) electrons. The zero-order chi connectivity index (χ0) is 15.1. The number of aromatic nitrogens is 1. The van der Waals surface area contributed by atoms with Crippen molar-refractivity contribution in [2.75, 3.05) is 25.0 Å². The molecule has 0 spiro atoms. The number of nitrogens with one attached hydrogen (secondary N) is 2. The molecule has 21 heavy (non-hydrogen) atoms. The minimum absolute atomic E-state index is 0.149. The fraction of sp³-hybridized carbons (Fsp3) is 0.467. The standard InChI is InChI=1S/C15H20FN3O2/c1-2-21-15(20)13(16)8-11-5-6-14(18-9-11)19-12-4-3-7-17-10-12/h5-6,8-9,12,17H,2-4,7,10H2,1H3,(H,18,19)/b13-8-/t12-/m1/s1. The van der Waals surface area contributed by atoms with Gasteiger partial charge in [0.25, 0.3) is 0 Å². The Morgan fingerprint density at radius 2 is 2.48 bits per heavy atom. The molecule has 0 saturated carbocycles. The molecule has 0 bridgehead atoms. The van der Waals surface area contributed by atoms with Crippen molar-refractivity contribution in [2.24, 2.45) is 0 Å². The van der Waals surface area contributed by atoms with Crippen molar-refractivity contribution in [1.82, 2.24) is 10.3 Å². The first-order valence-electron chi connectivity index (χ1n) is 7.16. The normalized spacial score (nSPS) is 19.1. The molecule has 0 aromatic carbocycles. The molecule has 1 saturated heterocycles. The van der Waals surface area contributed by atoms with Crippen LogP contribution in [0, 0.1) is 0 Å². The van der Waals surface area contributed by atoms with E-state index in [0.717, 1.165) is 37.8 Å². The average Bonchev–Trinajstić information content (AvgIpc) is 2.50. The summed E-state index contributed by atoms with van der Waals surface area (Å²) in [6, 6.07) is 3.85. The van der Waals surface area contributed by atoms with Crippen molar-refractivity contribution in [3.8, 4) is 0 Å². The van der Waals surface area contributed by atoms with Gasteiger partial charge in [0.1, 0.15) is 5.82 Å². The smallest absolute Gasteiger partial charge is 0.367 e. The lowest BCUT2D eigenvalue weighted by Gasteiger charge is -2.24. The maximum Gasteiger partial charge on any atom is 0.367 e. The summed E-state index contributed by atoms with van der Waals surface area (Å²) in [4.78, 5) is 15.4. The summed E-state index contributed by atoms with van der Waals surface area (Å²) in [5, 5.41) is 6.64. The second kappa shape index (κ2) is 7.73. The summed E-state index contributed by atoms with van der Waals surface area (Å²) >= 11 is 0. The fourth-order valence-electron chi connectivity index (χ4n) is 2.17. The van der Waals surface area contributed by atoms with Gasteiger partial charge in [-0.25, -0.2) is 9.78 Å². The van der Waals surface area contributed by atoms with E-state index in [1.165, 1.54) is 6.20 Å². The number of carbonyl (C=O) groups is 1. The molecule has 5 nitrogen and oxygen atoms in total. The van der Waals surface area contributed by atoms with Crippen LogP contribution < -0.4 is 10.6 Å². The number of ether oxygens (including phenoxy) is 1. The number of nitrogens with zero attached hydrogens (tertiary/aromatic N) is 1. The molecule has 2 rings (SSSR count). The molecule has 1 aliphatic rings. The number of pyridine rings is 1. The summed E-state index contributed by atoms with van der Waals surface area (Å²) in [5.41, 5.74) is 0.521. The van der Waals surface area contributed by atoms with Crippen LogP contribution in [0.1, 0.15) is 25.3 Å². The summed E-state index contributed by atoms with van der Waals surface area (Å²) in [6.07, 6.45) is 4.89. The van der Waals surface area contributed by atoms with Crippen molar-refractivity contribution in [2.45, 2.75) is 25.8 Å². The highest BCUT2D eigenvalue weighted by Crippen LogP contribution is 2.13. The van der Waals surface area contributed by atoms with Gasteiger partial charge < -0.3 is 15.4 Å². The molecule has 6 heteroatoms. The molecule has 0 unspecified atom stereocenters. The average molecular weight is 293 g/mol. The van der Waals surface area contributed by atoms with E-state index in [9.17, 15) is 9.18 Å². The van der Waals surface area contributed by atoms with Gasteiger partial charge in [0.05, 0.1) is 6.61 Å². The lowest BCUT2D eigenvalue weighted by atomic mass is 10.1. The van der Waals surface area contributed by atoms with Crippen molar-refractivity contribution < 1.29 is 13.9 Å². The molecule has 0 aliphatic carbocycles. The zero-order valence-corrected chi connectivity index (χ0v) is 12.1. The molecule has 1 aromatic rings. The Hall–Kier alpha value is -1.95. The minimum atomic E-state index is -0.951.